The van der Waals surface area contributed by atoms with E-state index in [1.807, 2.05) is 29.1 Å². The Morgan fingerprint density at radius 2 is 1.82 bits per heavy atom. The Balaban J connectivity index is 1.35. The highest BCUT2D eigenvalue weighted by Gasteiger charge is 2.17. The predicted molar refractivity (Wildman–Crippen MR) is 131 cm³/mol. The number of pyridine rings is 1. The Bertz CT molecular complexity index is 1230. The molecule has 5 rings (SSSR count). The lowest BCUT2D eigenvalue weighted by molar-refractivity contribution is 0.146. The second kappa shape index (κ2) is 9.74. The van der Waals surface area contributed by atoms with E-state index >= 15 is 0 Å². The summed E-state index contributed by atoms with van der Waals surface area (Å²) in [6.45, 7) is 6.92. The molecule has 2 aromatic heterocycles. The predicted octanol–water partition coefficient (Wildman–Crippen LogP) is 2.68. The fourth-order valence-corrected chi connectivity index (χ4v) is 4.35. The molecule has 172 valence electrons. The third-order valence-electron chi connectivity index (χ3n) is 6.16. The molecule has 0 spiro atoms. The van der Waals surface area contributed by atoms with Gasteiger partial charge in [0.05, 0.1) is 23.2 Å². The van der Waals surface area contributed by atoms with Gasteiger partial charge in [0.25, 0.3) is 0 Å². The van der Waals surface area contributed by atoms with Crippen molar-refractivity contribution in [3.63, 3.8) is 0 Å². The van der Waals surface area contributed by atoms with Crippen LogP contribution in [0.3, 0.4) is 0 Å². The lowest BCUT2D eigenvalue weighted by Gasteiger charge is -2.36. The molecule has 8 nitrogen and oxygen atoms in total. The van der Waals surface area contributed by atoms with Crippen LogP contribution in [-0.4, -0.2) is 79.0 Å². The summed E-state index contributed by atoms with van der Waals surface area (Å²) in [4.78, 5) is 14.3. The standard InChI is InChI=1S/C25H30N6O2/c1-32-14-15-33-21-4-6-24-23(17-21)27-18-31(24)25-7-2-19-16-20(3-5-22(19)28-25)30-12-10-29(9-8-26)11-13-30/h2-7,16-18H,8-15,26H2,1H3. The van der Waals surface area contributed by atoms with Gasteiger partial charge >= 0.3 is 0 Å². The Hall–Kier alpha value is -3.20. The van der Waals surface area contributed by atoms with E-state index in [4.69, 9.17) is 20.2 Å². The smallest absolute Gasteiger partial charge is 0.139 e. The molecular weight excluding hydrogens is 416 g/mol. The number of ether oxygens (including phenoxy) is 2. The highest BCUT2D eigenvalue weighted by molar-refractivity contribution is 5.84. The fraction of sp³-hybridized carbons (Fsp3) is 0.360. The van der Waals surface area contributed by atoms with Crippen molar-refractivity contribution in [2.45, 2.75) is 0 Å². The first-order chi connectivity index (χ1) is 16.2. The van der Waals surface area contributed by atoms with Crippen LogP contribution < -0.4 is 15.4 Å². The molecule has 0 radical (unpaired) electrons. The van der Waals surface area contributed by atoms with Crippen LogP contribution in [0.2, 0.25) is 0 Å². The second-order valence-electron chi connectivity index (χ2n) is 8.27. The van der Waals surface area contributed by atoms with E-state index < -0.39 is 0 Å². The summed E-state index contributed by atoms with van der Waals surface area (Å²) in [7, 11) is 1.66. The van der Waals surface area contributed by atoms with Gasteiger partial charge in [-0.2, -0.15) is 0 Å². The summed E-state index contributed by atoms with van der Waals surface area (Å²) in [5.41, 5.74) is 9.78. The van der Waals surface area contributed by atoms with Crippen molar-refractivity contribution in [3.05, 3.63) is 54.9 Å². The molecule has 1 saturated heterocycles. The van der Waals surface area contributed by atoms with Gasteiger partial charge in [0.1, 0.15) is 24.5 Å². The average molecular weight is 447 g/mol. The summed E-state index contributed by atoms with van der Waals surface area (Å²) in [6.07, 6.45) is 1.81. The van der Waals surface area contributed by atoms with Gasteiger partial charge in [-0.15, -0.1) is 0 Å². The molecule has 4 aromatic rings. The molecule has 8 heteroatoms. The molecular formula is C25H30N6O2. The molecule has 0 unspecified atom stereocenters. The number of nitrogens with two attached hydrogens (primary N) is 1. The molecule has 0 atom stereocenters. The minimum absolute atomic E-state index is 0.514. The number of benzene rings is 2. The summed E-state index contributed by atoms with van der Waals surface area (Å²) in [5.74, 6) is 1.63. The van der Waals surface area contributed by atoms with Crippen LogP contribution in [0, 0.1) is 0 Å². The van der Waals surface area contributed by atoms with E-state index in [9.17, 15) is 0 Å². The monoisotopic (exact) mass is 446 g/mol. The maximum Gasteiger partial charge on any atom is 0.139 e. The van der Waals surface area contributed by atoms with Crippen LogP contribution in [0.4, 0.5) is 5.69 Å². The molecule has 0 amide bonds. The van der Waals surface area contributed by atoms with Gasteiger partial charge in [-0.3, -0.25) is 9.47 Å². The fourth-order valence-electron chi connectivity index (χ4n) is 4.35. The van der Waals surface area contributed by atoms with Crippen molar-refractivity contribution >= 4 is 27.6 Å². The Labute approximate surface area is 193 Å². The molecule has 1 fully saturated rings. The molecule has 3 heterocycles. The molecule has 2 N–H and O–H groups in total. The van der Waals surface area contributed by atoms with Crippen molar-refractivity contribution in [1.29, 1.82) is 0 Å². The number of rotatable bonds is 8. The maximum absolute atomic E-state index is 5.70. The van der Waals surface area contributed by atoms with Gasteiger partial charge in [-0.05, 0) is 42.5 Å². The summed E-state index contributed by atoms with van der Waals surface area (Å²) < 4.78 is 12.8. The summed E-state index contributed by atoms with van der Waals surface area (Å²) in [6, 6.07) is 16.6. The number of fused-ring (bicyclic) bond motifs is 2. The van der Waals surface area contributed by atoms with Crippen molar-refractivity contribution in [2.24, 2.45) is 5.73 Å². The first-order valence-electron chi connectivity index (χ1n) is 11.4. The lowest BCUT2D eigenvalue weighted by atomic mass is 10.1. The number of nitrogens with zero attached hydrogens (tertiary/aromatic N) is 5. The largest absolute Gasteiger partial charge is 0.491 e. The molecule has 0 saturated carbocycles. The van der Waals surface area contributed by atoms with Crippen LogP contribution >= 0.6 is 0 Å². The second-order valence-corrected chi connectivity index (χ2v) is 8.27. The lowest BCUT2D eigenvalue weighted by Crippen LogP contribution is -2.47. The molecule has 0 bridgehead atoms. The van der Waals surface area contributed by atoms with Crippen LogP contribution in [0.1, 0.15) is 0 Å². The van der Waals surface area contributed by atoms with Gasteiger partial charge in [-0.25, -0.2) is 9.97 Å². The number of anilines is 1. The molecule has 33 heavy (non-hydrogen) atoms. The zero-order valence-corrected chi connectivity index (χ0v) is 19.0. The number of piperazine rings is 1. The van der Waals surface area contributed by atoms with E-state index in [0.717, 1.165) is 72.8 Å². The van der Waals surface area contributed by atoms with Crippen LogP contribution in [0.5, 0.6) is 5.75 Å². The third-order valence-corrected chi connectivity index (χ3v) is 6.16. The van der Waals surface area contributed by atoms with Gasteiger partial charge in [0, 0.05) is 63.5 Å². The summed E-state index contributed by atoms with van der Waals surface area (Å²) in [5, 5.41) is 1.14. The highest BCUT2D eigenvalue weighted by Crippen LogP contribution is 2.26. The first-order valence-corrected chi connectivity index (χ1v) is 11.4. The van der Waals surface area contributed by atoms with E-state index in [1.165, 1.54) is 5.69 Å². The highest BCUT2D eigenvalue weighted by atomic mass is 16.5. The van der Waals surface area contributed by atoms with Crippen molar-refractivity contribution < 1.29 is 9.47 Å². The van der Waals surface area contributed by atoms with Crippen molar-refractivity contribution in [1.82, 2.24) is 19.4 Å². The Kier molecular flexibility index (Phi) is 6.39. The SMILES string of the molecule is COCCOc1ccc2c(c1)ncn2-c1ccc2cc(N3CCN(CCN)CC3)ccc2n1. The van der Waals surface area contributed by atoms with E-state index in [2.05, 4.69) is 45.1 Å². The first kappa shape index (κ1) is 21.6. The Morgan fingerprint density at radius 1 is 0.939 bits per heavy atom. The summed E-state index contributed by atoms with van der Waals surface area (Å²) >= 11 is 0. The van der Waals surface area contributed by atoms with Gasteiger partial charge < -0.3 is 20.1 Å². The zero-order chi connectivity index (χ0) is 22.6. The Morgan fingerprint density at radius 3 is 2.64 bits per heavy atom. The minimum Gasteiger partial charge on any atom is -0.491 e. The van der Waals surface area contributed by atoms with Gasteiger partial charge in [-0.1, -0.05) is 0 Å². The van der Waals surface area contributed by atoms with Crippen LogP contribution in [0.25, 0.3) is 27.8 Å². The normalized spacial score (nSPS) is 14.9. The van der Waals surface area contributed by atoms with Crippen LogP contribution in [0.15, 0.2) is 54.9 Å². The quantitative estimate of drug-likeness (QED) is 0.417. The molecule has 1 aliphatic rings. The zero-order valence-electron chi connectivity index (χ0n) is 19.0. The number of imidazole rings is 1. The number of hydrogen-bond acceptors (Lipinski definition) is 7. The van der Waals surface area contributed by atoms with Gasteiger partial charge in [0.15, 0.2) is 0 Å². The van der Waals surface area contributed by atoms with E-state index in [0.29, 0.717) is 13.2 Å². The topological polar surface area (TPSA) is 81.7 Å². The van der Waals surface area contributed by atoms with E-state index in [-0.39, 0.29) is 0 Å². The average Bonchev–Trinajstić information content (AvgIpc) is 3.28. The van der Waals surface area contributed by atoms with Crippen LogP contribution in [-0.2, 0) is 4.74 Å². The molecule has 0 aliphatic carbocycles. The maximum atomic E-state index is 5.70. The van der Waals surface area contributed by atoms with Crippen molar-refractivity contribution in [3.8, 4) is 11.6 Å². The number of aromatic nitrogens is 3. The van der Waals surface area contributed by atoms with Gasteiger partial charge in [0.2, 0.25) is 0 Å². The third kappa shape index (κ3) is 4.64. The minimum atomic E-state index is 0.514. The number of methoxy groups -OCH3 is 1. The molecule has 2 aromatic carbocycles. The van der Waals surface area contributed by atoms with E-state index in [1.54, 1.807) is 7.11 Å². The van der Waals surface area contributed by atoms with Crippen molar-refractivity contribution in [2.75, 3.05) is 64.5 Å². The molecule has 1 aliphatic heterocycles. The number of hydrogen-bond donors (Lipinski definition) is 1.